The van der Waals surface area contributed by atoms with Crippen molar-refractivity contribution >= 4 is 58.5 Å². The molecule has 0 unspecified atom stereocenters. The molecule has 0 atom stereocenters. The number of hydrogen-bond donors (Lipinski definition) is 0. The van der Waals surface area contributed by atoms with E-state index in [9.17, 15) is 4.79 Å². The molecule has 0 aliphatic carbocycles. The predicted molar refractivity (Wildman–Crippen MR) is 187 cm³/mol. The van der Waals surface area contributed by atoms with Crippen LogP contribution in [0.1, 0.15) is 21.5 Å². The van der Waals surface area contributed by atoms with Crippen molar-refractivity contribution in [2.45, 2.75) is 10.9 Å². The summed E-state index contributed by atoms with van der Waals surface area (Å²) in [4.78, 5) is 31.6. The van der Waals surface area contributed by atoms with Gasteiger partial charge in [-0.2, -0.15) is 0 Å². The van der Waals surface area contributed by atoms with E-state index < -0.39 is 0 Å². The Morgan fingerprint density at radius 3 is 2.31 bits per heavy atom. The Bertz CT molecular complexity index is 1620. The highest BCUT2D eigenvalue weighted by molar-refractivity contribution is 7.98. The maximum absolute atomic E-state index is 13.4. The van der Waals surface area contributed by atoms with E-state index in [1.165, 1.54) is 17.3 Å². The largest absolute Gasteiger partial charge is 0.368 e. The summed E-state index contributed by atoms with van der Waals surface area (Å²) < 4.78 is 0. The molecule has 0 bridgehead atoms. The second kappa shape index (κ2) is 15.1. The zero-order valence-electron chi connectivity index (χ0n) is 25.1. The molecule has 7 nitrogen and oxygen atoms in total. The van der Waals surface area contributed by atoms with Crippen LogP contribution in [0.5, 0.6) is 0 Å². The third kappa shape index (κ3) is 8.58. The summed E-state index contributed by atoms with van der Waals surface area (Å²) in [6.45, 7) is 7.45. The molecule has 0 saturated carbocycles. The van der Waals surface area contributed by atoms with E-state index >= 15 is 0 Å². The fraction of sp³-hybridized carbons (Fsp3) is 0.286. The van der Waals surface area contributed by atoms with Crippen LogP contribution >= 0.6 is 35.0 Å². The number of anilines is 2. The number of carbonyl (C=O) groups excluding carboxylic acids is 1. The van der Waals surface area contributed by atoms with Crippen molar-refractivity contribution in [1.82, 2.24) is 19.8 Å². The second-order valence-corrected chi connectivity index (χ2v) is 12.9. The molecular weight excluding hydrogens is 623 g/mol. The molecule has 1 amide bonds. The highest BCUT2D eigenvalue weighted by atomic mass is 35.5. The van der Waals surface area contributed by atoms with Crippen LogP contribution in [0.2, 0.25) is 10.2 Å². The van der Waals surface area contributed by atoms with Gasteiger partial charge in [-0.3, -0.25) is 9.69 Å². The van der Waals surface area contributed by atoms with Crippen LogP contribution < -0.4 is 9.80 Å². The van der Waals surface area contributed by atoms with Gasteiger partial charge in [0.25, 0.3) is 5.91 Å². The molecule has 10 heteroatoms. The minimum absolute atomic E-state index is 0.0829. The normalized spacial score (nSPS) is 16.0. The summed E-state index contributed by atoms with van der Waals surface area (Å²) in [6, 6.07) is 28.0. The second-order valence-electron chi connectivity index (χ2n) is 11.2. The average molecular weight is 660 g/mol. The van der Waals surface area contributed by atoms with E-state index in [0.717, 1.165) is 86.6 Å². The Labute approximate surface area is 279 Å². The van der Waals surface area contributed by atoms with Crippen molar-refractivity contribution in [2.75, 3.05) is 68.7 Å². The number of rotatable bonds is 9. The van der Waals surface area contributed by atoms with Crippen LogP contribution in [0.3, 0.4) is 0 Å². The first-order valence-corrected chi connectivity index (χ1v) is 17.0. The molecule has 45 heavy (non-hydrogen) atoms. The van der Waals surface area contributed by atoms with Crippen LogP contribution in [-0.4, -0.2) is 84.6 Å². The minimum Gasteiger partial charge on any atom is -0.368 e. The monoisotopic (exact) mass is 658 g/mol. The molecule has 2 fully saturated rings. The Balaban J connectivity index is 1.00. The third-order valence-electron chi connectivity index (χ3n) is 8.11. The summed E-state index contributed by atoms with van der Waals surface area (Å²) in [6.07, 6.45) is 4.35. The topological polar surface area (TPSA) is 55.8 Å². The predicted octanol–water partition coefficient (Wildman–Crippen LogP) is 6.87. The fourth-order valence-corrected chi connectivity index (χ4v) is 6.85. The molecular formula is C35H36Cl2N6OS. The smallest absolute Gasteiger partial charge is 0.253 e. The number of piperazine rings is 2. The van der Waals surface area contributed by atoms with Gasteiger partial charge in [-0.25, -0.2) is 9.97 Å². The lowest BCUT2D eigenvalue weighted by Crippen LogP contribution is -2.48. The van der Waals surface area contributed by atoms with Gasteiger partial charge < -0.3 is 14.7 Å². The van der Waals surface area contributed by atoms with Gasteiger partial charge in [0.1, 0.15) is 11.0 Å². The lowest BCUT2D eigenvalue weighted by atomic mass is 10.1. The van der Waals surface area contributed by atoms with Crippen LogP contribution in [0.25, 0.3) is 6.08 Å². The Kier molecular flexibility index (Phi) is 10.6. The Morgan fingerprint density at radius 2 is 1.53 bits per heavy atom. The zero-order chi connectivity index (χ0) is 31.0. The molecule has 3 aromatic carbocycles. The fourth-order valence-electron chi connectivity index (χ4n) is 5.64. The molecule has 0 spiro atoms. The zero-order valence-corrected chi connectivity index (χ0v) is 27.4. The van der Waals surface area contributed by atoms with E-state index in [4.69, 9.17) is 28.2 Å². The third-order valence-corrected chi connectivity index (χ3v) is 9.46. The molecule has 6 rings (SSSR count). The SMILES string of the molecule is O=C(c1cccc(CSc2nc(Cl)cc(N3CCN(c4cccc(Cl)c4)CC3)n2)c1)N1CCN(CC=Cc2ccccc2)CC1. The highest BCUT2D eigenvalue weighted by Gasteiger charge is 2.22. The van der Waals surface area contributed by atoms with E-state index in [2.05, 4.69) is 50.0 Å². The van der Waals surface area contributed by atoms with E-state index in [-0.39, 0.29) is 5.91 Å². The van der Waals surface area contributed by atoms with Gasteiger partial charge in [-0.1, -0.05) is 95.6 Å². The quantitative estimate of drug-likeness (QED) is 0.110. The number of hydrogen-bond acceptors (Lipinski definition) is 7. The van der Waals surface area contributed by atoms with E-state index in [1.54, 1.807) is 0 Å². The lowest BCUT2D eigenvalue weighted by molar-refractivity contribution is 0.0650. The number of carbonyl (C=O) groups is 1. The van der Waals surface area contributed by atoms with Gasteiger partial charge in [0.2, 0.25) is 0 Å². The van der Waals surface area contributed by atoms with Gasteiger partial charge in [-0.05, 0) is 41.5 Å². The van der Waals surface area contributed by atoms with Gasteiger partial charge in [0, 0.05) is 87.0 Å². The first-order valence-electron chi connectivity index (χ1n) is 15.3. The number of halogens is 2. The number of nitrogens with zero attached hydrogens (tertiary/aromatic N) is 6. The summed E-state index contributed by atoms with van der Waals surface area (Å²) in [5.41, 5.74) is 4.11. The Hall–Kier alpha value is -3.56. The maximum Gasteiger partial charge on any atom is 0.253 e. The summed E-state index contributed by atoms with van der Waals surface area (Å²) in [7, 11) is 0. The molecule has 2 aliphatic rings. The maximum atomic E-state index is 13.4. The molecule has 2 aliphatic heterocycles. The number of benzene rings is 3. The van der Waals surface area contributed by atoms with Crippen LogP contribution in [0.4, 0.5) is 11.5 Å². The molecule has 0 N–H and O–H groups in total. The summed E-state index contributed by atoms with van der Waals surface area (Å²) >= 11 is 14.2. The van der Waals surface area contributed by atoms with Crippen molar-refractivity contribution in [3.63, 3.8) is 0 Å². The minimum atomic E-state index is 0.0829. The molecule has 4 aromatic rings. The molecule has 3 heterocycles. The van der Waals surface area contributed by atoms with E-state index in [1.807, 2.05) is 71.6 Å². The van der Waals surface area contributed by atoms with E-state index in [0.29, 0.717) is 16.1 Å². The number of thioether (sulfide) groups is 1. The molecule has 232 valence electrons. The molecule has 0 radical (unpaired) electrons. The van der Waals surface area contributed by atoms with Crippen molar-refractivity contribution in [3.05, 3.63) is 118 Å². The number of amides is 1. The van der Waals surface area contributed by atoms with Gasteiger partial charge in [0.15, 0.2) is 5.16 Å². The lowest BCUT2D eigenvalue weighted by Gasteiger charge is -2.36. The van der Waals surface area contributed by atoms with Crippen LogP contribution in [0, 0.1) is 0 Å². The summed E-state index contributed by atoms with van der Waals surface area (Å²) in [5, 5.41) is 1.80. The van der Waals surface area contributed by atoms with Crippen LogP contribution in [0.15, 0.2) is 96.2 Å². The molecule has 2 saturated heterocycles. The van der Waals surface area contributed by atoms with Crippen molar-refractivity contribution in [3.8, 4) is 0 Å². The van der Waals surface area contributed by atoms with Crippen LogP contribution in [-0.2, 0) is 5.75 Å². The van der Waals surface area contributed by atoms with Crippen molar-refractivity contribution < 1.29 is 4.79 Å². The van der Waals surface area contributed by atoms with Crippen molar-refractivity contribution in [2.24, 2.45) is 0 Å². The molecule has 1 aromatic heterocycles. The summed E-state index contributed by atoms with van der Waals surface area (Å²) in [5.74, 6) is 1.56. The van der Waals surface area contributed by atoms with Gasteiger partial charge in [-0.15, -0.1) is 0 Å². The van der Waals surface area contributed by atoms with Crippen molar-refractivity contribution in [1.29, 1.82) is 0 Å². The highest BCUT2D eigenvalue weighted by Crippen LogP contribution is 2.27. The first-order chi connectivity index (χ1) is 22.0. The number of aromatic nitrogens is 2. The first kappa shape index (κ1) is 31.4. The standard InChI is InChI=1S/C35H36Cl2N6OS/c36-30-12-5-13-31(24-30)41-19-21-42(22-20-41)33-25-32(37)38-35(39-33)45-26-28-9-4-11-29(23-28)34(44)43-17-15-40(16-18-43)14-6-10-27-7-2-1-3-8-27/h1-13,23-25H,14-22,26H2. The Morgan fingerprint density at radius 1 is 0.778 bits per heavy atom. The van der Waals surface area contributed by atoms with Gasteiger partial charge >= 0.3 is 0 Å². The van der Waals surface area contributed by atoms with Gasteiger partial charge in [0.05, 0.1) is 0 Å². The average Bonchev–Trinajstić information content (AvgIpc) is 3.08.